The molecule has 1 N–H and O–H groups in total. The molecule has 0 fully saturated rings. The minimum absolute atomic E-state index is 0.261. The van der Waals surface area contributed by atoms with Gasteiger partial charge in [0.25, 0.3) is 5.91 Å². The van der Waals surface area contributed by atoms with E-state index < -0.39 is 0 Å². The third kappa shape index (κ3) is 3.02. The molecular weight excluding hydrogens is 261 g/mol. The molecule has 0 bridgehead atoms. The molecule has 0 spiro atoms. The summed E-state index contributed by atoms with van der Waals surface area (Å²) in [4.78, 5) is 11.8. The van der Waals surface area contributed by atoms with E-state index in [9.17, 15) is 4.79 Å². The summed E-state index contributed by atoms with van der Waals surface area (Å²) in [5.41, 5.74) is 0.391. The Morgan fingerprint density at radius 1 is 1.29 bits per heavy atom. The molecule has 2 aromatic rings. The van der Waals surface area contributed by atoms with Crippen LogP contribution in [0.2, 0.25) is 10.0 Å². The number of carbonyl (C=O) groups is 1. The van der Waals surface area contributed by atoms with E-state index in [1.54, 1.807) is 30.5 Å². The van der Waals surface area contributed by atoms with Gasteiger partial charge in [-0.05, 0) is 30.3 Å². The van der Waals surface area contributed by atoms with Gasteiger partial charge >= 0.3 is 0 Å². The fourth-order valence-corrected chi connectivity index (χ4v) is 1.84. The van der Waals surface area contributed by atoms with Crippen molar-refractivity contribution < 1.29 is 9.21 Å². The van der Waals surface area contributed by atoms with Gasteiger partial charge < -0.3 is 9.73 Å². The van der Waals surface area contributed by atoms with E-state index in [1.165, 1.54) is 6.07 Å². The second kappa shape index (κ2) is 5.25. The zero-order chi connectivity index (χ0) is 12.3. The molecule has 0 saturated heterocycles. The number of hydrogen-bond acceptors (Lipinski definition) is 2. The van der Waals surface area contributed by atoms with Crippen LogP contribution in [0.25, 0.3) is 0 Å². The van der Waals surface area contributed by atoms with Crippen LogP contribution in [0.3, 0.4) is 0 Å². The molecule has 1 aromatic carbocycles. The maximum Gasteiger partial charge on any atom is 0.253 e. The van der Waals surface area contributed by atoms with Crippen molar-refractivity contribution >= 4 is 29.1 Å². The summed E-state index contributed by atoms with van der Waals surface area (Å²) in [5.74, 6) is 0.423. The number of nitrogens with one attached hydrogen (secondary N) is 1. The number of benzene rings is 1. The molecule has 0 radical (unpaired) electrons. The summed E-state index contributed by atoms with van der Waals surface area (Å²) in [5, 5.41) is 3.53. The van der Waals surface area contributed by atoms with Crippen LogP contribution in [-0.2, 0) is 6.54 Å². The van der Waals surface area contributed by atoms with E-state index in [-0.39, 0.29) is 5.91 Å². The lowest BCUT2D eigenvalue weighted by Crippen LogP contribution is -2.22. The summed E-state index contributed by atoms with van der Waals surface area (Å²) in [6.07, 6.45) is 1.55. The summed E-state index contributed by atoms with van der Waals surface area (Å²) < 4.78 is 5.10. The van der Waals surface area contributed by atoms with E-state index >= 15 is 0 Å². The highest BCUT2D eigenvalue weighted by Gasteiger charge is 2.10. The number of furan rings is 1. The molecule has 2 rings (SSSR count). The number of rotatable bonds is 3. The Labute approximate surface area is 108 Å². The van der Waals surface area contributed by atoms with Crippen LogP contribution in [0.15, 0.2) is 41.0 Å². The lowest BCUT2D eigenvalue weighted by atomic mass is 10.2. The van der Waals surface area contributed by atoms with Gasteiger partial charge in [-0.25, -0.2) is 0 Å². The molecule has 88 valence electrons. The van der Waals surface area contributed by atoms with Gasteiger partial charge in [0.15, 0.2) is 0 Å². The van der Waals surface area contributed by atoms with Gasteiger partial charge in [0.2, 0.25) is 0 Å². The standard InChI is InChI=1S/C12H9Cl2NO2/c13-8-3-4-10(11(14)6-8)12(16)15-7-9-2-1-5-17-9/h1-6H,7H2,(H,15,16). The van der Waals surface area contributed by atoms with Crippen LogP contribution in [0.5, 0.6) is 0 Å². The largest absolute Gasteiger partial charge is 0.467 e. The Balaban J connectivity index is 2.04. The predicted molar refractivity (Wildman–Crippen MR) is 66.3 cm³/mol. The average molecular weight is 270 g/mol. The van der Waals surface area contributed by atoms with Crippen molar-refractivity contribution in [2.75, 3.05) is 0 Å². The number of carbonyl (C=O) groups excluding carboxylic acids is 1. The Bertz CT molecular complexity index is 523. The van der Waals surface area contributed by atoms with E-state index in [2.05, 4.69) is 5.32 Å². The zero-order valence-corrected chi connectivity index (χ0v) is 10.3. The average Bonchev–Trinajstić information content (AvgIpc) is 2.78. The second-order valence-electron chi connectivity index (χ2n) is 3.39. The summed E-state index contributed by atoms with van der Waals surface area (Å²) in [7, 11) is 0. The van der Waals surface area contributed by atoms with Crippen molar-refractivity contribution in [1.82, 2.24) is 5.32 Å². The molecule has 0 aliphatic heterocycles. The van der Waals surface area contributed by atoms with Crippen LogP contribution in [0, 0.1) is 0 Å². The smallest absolute Gasteiger partial charge is 0.253 e. The third-order valence-electron chi connectivity index (χ3n) is 2.18. The fourth-order valence-electron chi connectivity index (χ4n) is 1.35. The minimum Gasteiger partial charge on any atom is -0.467 e. The zero-order valence-electron chi connectivity index (χ0n) is 8.74. The number of amides is 1. The number of halogens is 2. The van der Waals surface area contributed by atoms with Gasteiger partial charge in [-0.1, -0.05) is 23.2 Å². The van der Waals surface area contributed by atoms with Crippen LogP contribution >= 0.6 is 23.2 Å². The van der Waals surface area contributed by atoms with Gasteiger partial charge in [0.1, 0.15) is 5.76 Å². The lowest BCUT2D eigenvalue weighted by Gasteiger charge is -2.05. The fraction of sp³-hybridized carbons (Fsp3) is 0.0833. The Morgan fingerprint density at radius 2 is 2.12 bits per heavy atom. The molecule has 1 amide bonds. The third-order valence-corrected chi connectivity index (χ3v) is 2.73. The molecule has 1 aromatic heterocycles. The van der Waals surface area contributed by atoms with Crippen LogP contribution in [0.1, 0.15) is 16.1 Å². The van der Waals surface area contributed by atoms with Gasteiger partial charge in [-0.2, -0.15) is 0 Å². The molecule has 3 nitrogen and oxygen atoms in total. The van der Waals surface area contributed by atoms with Crippen LogP contribution in [0.4, 0.5) is 0 Å². The van der Waals surface area contributed by atoms with Crippen LogP contribution < -0.4 is 5.32 Å². The molecule has 5 heteroatoms. The summed E-state index contributed by atoms with van der Waals surface area (Å²) in [6.45, 7) is 0.324. The maximum absolute atomic E-state index is 11.8. The first-order chi connectivity index (χ1) is 8.16. The van der Waals surface area contributed by atoms with Crippen molar-refractivity contribution in [1.29, 1.82) is 0 Å². The first-order valence-corrected chi connectivity index (χ1v) is 5.68. The molecular formula is C12H9Cl2NO2. The monoisotopic (exact) mass is 269 g/mol. The van der Waals surface area contributed by atoms with Crippen LogP contribution in [-0.4, -0.2) is 5.91 Å². The van der Waals surface area contributed by atoms with E-state index in [4.69, 9.17) is 27.6 Å². The first-order valence-electron chi connectivity index (χ1n) is 4.92. The van der Waals surface area contributed by atoms with Crippen molar-refractivity contribution in [3.63, 3.8) is 0 Å². The first kappa shape index (κ1) is 12.0. The molecule has 0 aliphatic carbocycles. The molecule has 0 aliphatic rings. The van der Waals surface area contributed by atoms with Gasteiger partial charge in [0, 0.05) is 5.02 Å². The lowest BCUT2D eigenvalue weighted by molar-refractivity contribution is 0.0948. The number of hydrogen-bond donors (Lipinski definition) is 1. The Morgan fingerprint density at radius 3 is 2.76 bits per heavy atom. The maximum atomic E-state index is 11.8. The second-order valence-corrected chi connectivity index (χ2v) is 4.23. The molecule has 0 unspecified atom stereocenters. The molecule has 0 saturated carbocycles. The van der Waals surface area contributed by atoms with E-state index in [1.807, 2.05) is 0 Å². The van der Waals surface area contributed by atoms with Crippen molar-refractivity contribution in [3.8, 4) is 0 Å². The molecule has 1 heterocycles. The Kier molecular flexibility index (Phi) is 3.71. The molecule has 17 heavy (non-hydrogen) atoms. The van der Waals surface area contributed by atoms with Crippen molar-refractivity contribution in [3.05, 3.63) is 58.0 Å². The Hall–Kier alpha value is -1.45. The normalized spacial score (nSPS) is 10.2. The van der Waals surface area contributed by atoms with Gasteiger partial charge in [-0.15, -0.1) is 0 Å². The summed E-state index contributed by atoms with van der Waals surface area (Å²) >= 11 is 11.7. The quantitative estimate of drug-likeness (QED) is 0.927. The van der Waals surface area contributed by atoms with E-state index in [0.717, 1.165) is 0 Å². The highest BCUT2D eigenvalue weighted by molar-refractivity contribution is 6.36. The predicted octanol–water partition coefficient (Wildman–Crippen LogP) is 3.52. The summed E-state index contributed by atoms with van der Waals surface area (Å²) in [6, 6.07) is 8.28. The highest BCUT2D eigenvalue weighted by atomic mass is 35.5. The highest BCUT2D eigenvalue weighted by Crippen LogP contribution is 2.20. The van der Waals surface area contributed by atoms with Gasteiger partial charge in [-0.3, -0.25) is 4.79 Å². The minimum atomic E-state index is -0.261. The van der Waals surface area contributed by atoms with Crippen molar-refractivity contribution in [2.45, 2.75) is 6.54 Å². The topological polar surface area (TPSA) is 42.2 Å². The SMILES string of the molecule is O=C(NCc1ccco1)c1ccc(Cl)cc1Cl. The van der Waals surface area contributed by atoms with E-state index in [0.29, 0.717) is 27.9 Å². The van der Waals surface area contributed by atoms with Gasteiger partial charge in [0.05, 0.1) is 23.4 Å². The molecule has 0 atom stereocenters. The van der Waals surface area contributed by atoms with Crippen molar-refractivity contribution in [2.24, 2.45) is 0 Å².